The van der Waals surface area contributed by atoms with E-state index in [9.17, 15) is 4.79 Å². The Balaban J connectivity index is 2.11. The molecule has 5 heteroatoms. The third kappa shape index (κ3) is 4.84. The zero-order valence-corrected chi connectivity index (χ0v) is 14.0. The number of halogens is 2. The first-order valence-corrected chi connectivity index (χ1v) is 7.82. The SMILES string of the molecule is CCNCc1cccc(NC(=O)c2cc(Cl)cc(Br)c2)c1. The number of benzene rings is 2. The van der Waals surface area contributed by atoms with Gasteiger partial charge < -0.3 is 10.6 Å². The van der Waals surface area contributed by atoms with Gasteiger partial charge in [-0.3, -0.25) is 4.79 Å². The number of hydrogen-bond donors (Lipinski definition) is 2. The van der Waals surface area contributed by atoms with Gasteiger partial charge in [0.15, 0.2) is 0 Å². The normalized spacial score (nSPS) is 10.4. The highest BCUT2D eigenvalue weighted by molar-refractivity contribution is 9.10. The summed E-state index contributed by atoms with van der Waals surface area (Å²) in [6.45, 7) is 3.75. The Morgan fingerprint density at radius 1 is 1.24 bits per heavy atom. The standard InChI is InChI=1S/C16H16BrClN2O/c1-2-19-10-11-4-3-5-15(6-11)20-16(21)12-7-13(17)9-14(18)8-12/h3-9,19H,2,10H2,1H3,(H,20,21). The van der Waals surface area contributed by atoms with E-state index in [2.05, 4.69) is 33.5 Å². The van der Waals surface area contributed by atoms with Crippen LogP contribution in [0.25, 0.3) is 0 Å². The quantitative estimate of drug-likeness (QED) is 0.819. The largest absolute Gasteiger partial charge is 0.322 e. The van der Waals surface area contributed by atoms with Gasteiger partial charge in [-0.05, 0) is 42.4 Å². The Kier molecular flexibility index (Phi) is 5.79. The van der Waals surface area contributed by atoms with Gasteiger partial charge in [-0.25, -0.2) is 0 Å². The highest BCUT2D eigenvalue weighted by atomic mass is 79.9. The highest BCUT2D eigenvalue weighted by Gasteiger charge is 2.08. The minimum Gasteiger partial charge on any atom is -0.322 e. The molecule has 21 heavy (non-hydrogen) atoms. The molecule has 1 amide bonds. The van der Waals surface area contributed by atoms with Crippen LogP contribution in [0.1, 0.15) is 22.8 Å². The maximum absolute atomic E-state index is 12.2. The lowest BCUT2D eigenvalue weighted by Gasteiger charge is -2.08. The van der Waals surface area contributed by atoms with Gasteiger partial charge in [-0.1, -0.05) is 46.6 Å². The summed E-state index contributed by atoms with van der Waals surface area (Å²) in [5.74, 6) is -0.182. The molecule has 0 radical (unpaired) electrons. The number of carbonyl (C=O) groups excluding carboxylic acids is 1. The van der Waals surface area contributed by atoms with Gasteiger partial charge in [-0.15, -0.1) is 0 Å². The molecule has 2 aromatic carbocycles. The van der Waals surface area contributed by atoms with E-state index in [4.69, 9.17) is 11.6 Å². The van der Waals surface area contributed by atoms with Crippen LogP contribution in [0.4, 0.5) is 5.69 Å². The van der Waals surface area contributed by atoms with E-state index in [0.717, 1.165) is 28.8 Å². The van der Waals surface area contributed by atoms with Crippen molar-refractivity contribution in [3.63, 3.8) is 0 Å². The number of rotatable bonds is 5. The van der Waals surface area contributed by atoms with Crippen molar-refractivity contribution in [2.75, 3.05) is 11.9 Å². The Morgan fingerprint density at radius 3 is 2.76 bits per heavy atom. The molecule has 0 atom stereocenters. The van der Waals surface area contributed by atoms with Crippen molar-refractivity contribution in [3.8, 4) is 0 Å². The molecule has 0 aliphatic rings. The van der Waals surface area contributed by atoms with Gasteiger partial charge in [-0.2, -0.15) is 0 Å². The molecule has 3 nitrogen and oxygen atoms in total. The lowest BCUT2D eigenvalue weighted by molar-refractivity contribution is 0.102. The molecular formula is C16H16BrClN2O. The lowest BCUT2D eigenvalue weighted by Crippen LogP contribution is -2.14. The Hall–Kier alpha value is -1.36. The zero-order chi connectivity index (χ0) is 15.2. The van der Waals surface area contributed by atoms with Gasteiger partial charge in [0.05, 0.1) is 0 Å². The first-order chi connectivity index (χ1) is 10.1. The van der Waals surface area contributed by atoms with Crippen molar-refractivity contribution in [3.05, 3.63) is 63.1 Å². The molecule has 0 spiro atoms. The van der Waals surface area contributed by atoms with Crippen LogP contribution in [-0.4, -0.2) is 12.5 Å². The second-order valence-electron chi connectivity index (χ2n) is 4.59. The van der Waals surface area contributed by atoms with E-state index in [1.54, 1.807) is 18.2 Å². The molecule has 0 heterocycles. The Morgan fingerprint density at radius 2 is 2.05 bits per heavy atom. The average Bonchev–Trinajstić information content (AvgIpc) is 2.44. The molecule has 0 aromatic heterocycles. The van der Waals surface area contributed by atoms with E-state index in [1.807, 2.05) is 24.3 Å². The third-order valence-electron chi connectivity index (χ3n) is 2.89. The number of hydrogen-bond acceptors (Lipinski definition) is 2. The lowest BCUT2D eigenvalue weighted by atomic mass is 10.1. The number of anilines is 1. The summed E-state index contributed by atoms with van der Waals surface area (Å²) in [5.41, 5.74) is 2.42. The summed E-state index contributed by atoms with van der Waals surface area (Å²) < 4.78 is 0.779. The van der Waals surface area contributed by atoms with Gasteiger partial charge >= 0.3 is 0 Å². The summed E-state index contributed by atoms with van der Waals surface area (Å²) in [7, 11) is 0. The predicted octanol–water partition coefficient (Wildman–Crippen LogP) is 4.46. The van der Waals surface area contributed by atoms with Crippen molar-refractivity contribution in [1.29, 1.82) is 0 Å². The Labute approximate surface area is 137 Å². The molecule has 0 fully saturated rings. The van der Waals surface area contributed by atoms with Crippen molar-refractivity contribution in [2.45, 2.75) is 13.5 Å². The molecule has 2 N–H and O–H groups in total. The fourth-order valence-electron chi connectivity index (χ4n) is 1.92. The molecule has 2 aromatic rings. The molecular weight excluding hydrogens is 352 g/mol. The average molecular weight is 368 g/mol. The minimum atomic E-state index is -0.182. The van der Waals surface area contributed by atoms with Crippen molar-refractivity contribution in [1.82, 2.24) is 5.32 Å². The van der Waals surface area contributed by atoms with Gasteiger partial charge in [0.25, 0.3) is 5.91 Å². The second kappa shape index (κ2) is 7.59. The molecule has 0 aliphatic heterocycles. The summed E-state index contributed by atoms with van der Waals surface area (Å²) >= 11 is 9.30. The molecule has 2 rings (SSSR count). The van der Waals surface area contributed by atoms with Crippen LogP contribution in [0.15, 0.2) is 46.9 Å². The third-order valence-corrected chi connectivity index (χ3v) is 3.56. The van der Waals surface area contributed by atoms with Crippen LogP contribution in [0.3, 0.4) is 0 Å². The van der Waals surface area contributed by atoms with Crippen molar-refractivity contribution < 1.29 is 4.79 Å². The summed E-state index contributed by atoms with van der Waals surface area (Å²) in [6.07, 6.45) is 0. The van der Waals surface area contributed by atoms with E-state index >= 15 is 0 Å². The number of carbonyl (C=O) groups is 1. The molecule has 0 saturated carbocycles. The maximum Gasteiger partial charge on any atom is 0.255 e. The number of nitrogens with one attached hydrogen (secondary N) is 2. The maximum atomic E-state index is 12.2. The van der Waals surface area contributed by atoms with Gasteiger partial charge in [0, 0.05) is 27.3 Å². The van der Waals surface area contributed by atoms with Crippen molar-refractivity contribution >= 4 is 39.1 Å². The smallest absolute Gasteiger partial charge is 0.255 e. The fourth-order valence-corrected chi connectivity index (χ4v) is 2.78. The zero-order valence-electron chi connectivity index (χ0n) is 11.6. The fraction of sp³-hybridized carbons (Fsp3) is 0.188. The monoisotopic (exact) mass is 366 g/mol. The van der Waals surface area contributed by atoms with E-state index in [-0.39, 0.29) is 5.91 Å². The Bertz CT molecular complexity index is 626. The topological polar surface area (TPSA) is 41.1 Å². The van der Waals surface area contributed by atoms with Crippen LogP contribution < -0.4 is 10.6 Å². The second-order valence-corrected chi connectivity index (χ2v) is 5.95. The van der Waals surface area contributed by atoms with Crippen LogP contribution in [0.2, 0.25) is 5.02 Å². The molecule has 0 saturated heterocycles. The van der Waals surface area contributed by atoms with E-state index in [1.165, 1.54) is 0 Å². The van der Waals surface area contributed by atoms with E-state index < -0.39 is 0 Å². The van der Waals surface area contributed by atoms with Gasteiger partial charge in [0.1, 0.15) is 0 Å². The first-order valence-electron chi connectivity index (χ1n) is 6.65. The summed E-state index contributed by atoms with van der Waals surface area (Å²) in [6, 6.07) is 12.9. The molecule has 0 bridgehead atoms. The highest BCUT2D eigenvalue weighted by Crippen LogP contribution is 2.20. The van der Waals surface area contributed by atoms with Crippen molar-refractivity contribution in [2.24, 2.45) is 0 Å². The van der Waals surface area contributed by atoms with Crippen LogP contribution in [0, 0.1) is 0 Å². The number of amides is 1. The van der Waals surface area contributed by atoms with E-state index in [0.29, 0.717) is 10.6 Å². The molecule has 0 unspecified atom stereocenters. The summed E-state index contributed by atoms with van der Waals surface area (Å²) in [4.78, 5) is 12.2. The summed E-state index contributed by atoms with van der Waals surface area (Å²) in [5, 5.41) is 6.66. The minimum absolute atomic E-state index is 0.182. The van der Waals surface area contributed by atoms with Crippen LogP contribution >= 0.6 is 27.5 Å². The molecule has 0 aliphatic carbocycles. The van der Waals surface area contributed by atoms with Crippen LogP contribution in [0.5, 0.6) is 0 Å². The predicted molar refractivity (Wildman–Crippen MR) is 90.9 cm³/mol. The molecule has 110 valence electrons. The van der Waals surface area contributed by atoms with Gasteiger partial charge in [0.2, 0.25) is 0 Å². The first kappa shape index (κ1) is 16.0. The van der Waals surface area contributed by atoms with Crippen LogP contribution in [-0.2, 0) is 6.54 Å².